The summed E-state index contributed by atoms with van der Waals surface area (Å²) in [6.07, 6.45) is 0. The van der Waals surface area contributed by atoms with Gasteiger partial charge in [-0.1, -0.05) is 132 Å². The molecule has 0 amide bonds. The van der Waals surface area contributed by atoms with E-state index in [0.717, 1.165) is 76.9 Å². The van der Waals surface area contributed by atoms with Gasteiger partial charge in [0.05, 0.1) is 0 Å². The molecule has 0 fully saturated rings. The van der Waals surface area contributed by atoms with Crippen LogP contribution in [0.25, 0.3) is 88.0 Å². The Morgan fingerprint density at radius 3 is 1.52 bits per heavy atom. The lowest BCUT2D eigenvalue weighted by Gasteiger charge is -2.25. The van der Waals surface area contributed by atoms with E-state index in [1.54, 1.807) is 0 Å². The summed E-state index contributed by atoms with van der Waals surface area (Å²) >= 11 is 0. The molecule has 1 heterocycles. The average molecular weight is 622 g/mol. The molecule has 0 spiro atoms. The van der Waals surface area contributed by atoms with Crippen molar-refractivity contribution in [2.45, 2.75) is 0 Å². The van der Waals surface area contributed by atoms with E-state index < -0.39 is 0 Å². The lowest BCUT2D eigenvalue weighted by Crippen LogP contribution is -2.55. The Hall–Kier alpha value is -5.60. The molecule has 0 saturated heterocycles. The molecule has 10 radical (unpaired) electrons. The van der Waals surface area contributed by atoms with Gasteiger partial charge in [0, 0.05) is 10.8 Å². The molecule has 0 saturated carbocycles. The Morgan fingerprint density at radius 1 is 0.320 bits per heavy atom. The summed E-state index contributed by atoms with van der Waals surface area (Å²) < 4.78 is 6.35. The van der Waals surface area contributed by atoms with E-state index in [1.807, 2.05) is 36.4 Å². The number of benzene rings is 8. The summed E-state index contributed by atoms with van der Waals surface area (Å²) in [7, 11) is 32.9. The molecule has 9 rings (SSSR count). The molecule has 0 atom stereocenters. The third-order valence-electron chi connectivity index (χ3n) is 9.97. The number of furan rings is 1. The molecule has 8 aromatic carbocycles. The standard InChI is InChI=1S/C44H23B5O/c45-40-39(41(46)43(48)44(49)42(40)47)38-29-12-5-4-11-28(29)36(32-14-8-16-35-37(32)31-13-6-7-15-34(31)50-35)30-22-21-27(23-33(30)38)26-19-17-25(18-20-26)24-9-2-1-3-10-24/h1-23H. The van der Waals surface area contributed by atoms with Crippen molar-refractivity contribution >= 4 is 110 Å². The fourth-order valence-corrected chi connectivity index (χ4v) is 7.51. The molecule has 1 nitrogen and oxygen atoms in total. The van der Waals surface area contributed by atoms with Gasteiger partial charge in [0.25, 0.3) is 0 Å². The minimum atomic E-state index is 0.187. The number of para-hydroxylation sites is 1. The van der Waals surface area contributed by atoms with Crippen LogP contribution in [0.3, 0.4) is 0 Å². The minimum absolute atomic E-state index is 0.187. The molecular formula is C44H23B5O. The lowest BCUT2D eigenvalue weighted by atomic mass is 9.59. The molecule has 0 aliphatic carbocycles. The zero-order chi connectivity index (χ0) is 34.1. The van der Waals surface area contributed by atoms with Gasteiger partial charge in [-0.25, -0.2) is 0 Å². The van der Waals surface area contributed by atoms with E-state index in [4.69, 9.17) is 43.6 Å². The number of hydrogen-bond acceptors (Lipinski definition) is 1. The molecule has 0 aliphatic rings. The molecule has 9 aromatic rings. The van der Waals surface area contributed by atoms with Crippen LogP contribution < -0.4 is 27.3 Å². The van der Waals surface area contributed by atoms with E-state index in [-0.39, 0.29) is 16.4 Å². The second kappa shape index (κ2) is 11.8. The Kier molecular flexibility index (Phi) is 7.18. The van der Waals surface area contributed by atoms with Crippen molar-refractivity contribution in [1.29, 1.82) is 0 Å². The summed E-state index contributed by atoms with van der Waals surface area (Å²) in [6.45, 7) is 0. The minimum Gasteiger partial charge on any atom is -0.456 e. The topological polar surface area (TPSA) is 13.1 Å². The van der Waals surface area contributed by atoms with Crippen molar-refractivity contribution in [2.75, 3.05) is 0 Å². The first kappa shape index (κ1) is 30.5. The maximum Gasteiger partial charge on any atom is 0.136 e. The highest BCUT2D eigenvalue weighted by atomic mass is 16.3. The van der Waals surface area contributed by atoms with Gasteiger partial charge in [-0.3, -0.25) is 0 Å². The van der Waals surface area contributed by atoms with Gasteiger partial charge in [-0.05, 0) is 84.3 Å². The summed E-state index contributed by atoms with van der Waals surface area (Å²) in [5, 5.41) is 6.08. The molecule has 1 aromatic heterocycles. The van der Waals surface area contributed by atoms with Crippen LogP contribution in [0.5, 0.6) is 0 Å². The van der Waals surface area contributed by atoms with Crippen LogP contribution in [0.2, 0.25) is 0 Å². The van der Waals surface area contributed by atoms with Crippen LogP contribution >= 0.6 is 0 Å². The predicted molar refractivity (Wildman–Crippen MR) is 217 cm³/mol. The highest BCUT2D eigenvalue weighted by Crippen LogP contribution is 2.47. The van der Waals surface area contributed by atoms with Gasteiger partial charge < -0.3 is 4.42 Å². The lowest BCUT2D eigenvalue weighted by molar-refractivity contribution is 0.669. The van der Waals surface area contributed by atoms with E-state index in [1.165, 1.54) is 5.56 Å². The Balaban J connectivity index is 1.41. The van der Waals surface area contributed by atoms with Crippen LogP contribution in [0.1, 0.15) is 0 Å². The molecule has 220 valence electrons. The normalized spacial score (nSPS) is 11.6. The first-order chi connectivity index (χ1) is 24.4. The van der Waals surface area contributed by atoms with Crippen LogP contribution in [0.4, 0.5) is 0 Å². The number of rotatable bonds is 4. The highest BCUT2D eigenvalue weighted by molar-refractivity contribution is 6.69. The molecule has 50 heavy (non-hydrogen) atoms. The van der Waals surface area contributed by atoms with Gasteiger partial charge in [-0.15, -0.1) is 16.4 Å². The van der Waals surface area contributed by atoms with Crippen molar-refractivity contribution in [1.82, 2.24) is 0 Å². The zero-order valence-corrected chi connectivity index (χ0v) is 27.1. The van der Waals surface area contributed by atoms with Gasteiger partial charge in [0.1, 0.15) is 50.4 Å². The Labute approximate surface area is 297 Å². The van der Waals surface area contributed by atoms with Crippen molar-refractivity contribution in [3.05, 3.63) is 140 Å². The monoisotopic (exact) mass is 622 g/mol. The SMILES string of the molecule is [B]c1c([B])c([B])c(-c2c3ccccc3c(-c3cccc4oc5ccccc5c34)c3ccc(-c4ccc(-c5ccccc5)cc4)cc23)c([B])c1[B]. The van der Waals surface area contributed by atoms with Crippen molar-refractivity contribution in [3.63, 3.8) is 0 Å². The fourth-order valence-electron chi connectivity index (χ4n) is 7.51. The van der Waals surface area contributed by atoms with Crippen molar-refractivity contribution in [3.8, 4) is 44.5 Å². The second-order valence-corrected chi connectivity index (χ2v) is 12.7. The summed E-state index contributed by atoms with van der Waals surface area (Å²) in [4.78, 5) is 0. The van der Waals surface area contributed by atoms with E-state index in [2.05, 4.69) is 103 Å². The molecular weight excluding hydrogens is 599 g/mol. The maximum absolute atomic E-state index is 6.81. The summed E-state index contributed by atoms with van der Waals surface area (Å²) in [6, 6.07) is 48.3. The van der Waals surface area contributed by atoms with Crippen molar-refractivity contribution < 1.29 is 4.42 Å². The van der Waals surface area contributed by atoms with Gasteiger partial charge in [0.15, 0.2) is 0 Å². The molecule has 0 unspecified atom stereocenters. The summed E-state index contributed by atoms with van der Waals surface area (Å²) in [5.41, 5.74) is 10.9. The van der Waals surface area contributed by atoms with E-state index in [0.29, 0.717) is 16.5 Å². The van der Waals surface area contributed by atoms with E-state index >= 15 is 0 Å². The van der Waals surface area contributed by atoms with Crippen LogP contribution in [0, 0.1) is 0 Å². The molecule has 6 heteroatoms. The van der Waals surface area contributed by atoms with Gasteiger partial charge >= 0.3 is 0 Å². The fraction of sp³-hybridized carbons (Fsp3) is 0. The molecule has 0 N–H and O–H groups in total. The Morgan fingerprint density at radius 2 is 0.820 bits per heavy atom. The Bertz CT molecular complexity index is 2770. The molecule has 0 aliphatic heterocycles. The van der Waals surface area contributed by atoms with Crippen molar-refractivity contribution in [2.24, 2.45) is 0 Å². The highest BCUT2D eigenvalue weighted by Gasteiger charge is 2.23. The summed E-state index contributed by atoms with van der Waals surface area (Å²) in [5.74, 6) is 0. The van der Waals surface area contributed by atoms with Crippen LogP contribution in [-0.4, -0.2) is 39.2 Å². The maximum atomic E-state index is 6.81. The first-order valence-electron chi connectivity index (χ1n) is 16.5. The largest absolute Gasteiger partial charge is 0.456 e. The third-order valence-corrected chi connectivity index (χ3v) is 9.97. The second-order valence-electron chi connectivity index (χ2n) is 12.7. The van der Waals surface area contributed by atoms with Crippen LogP contribution in [0.15, 0.2) is 144 Å². The predicted octanol–water partition coefficient (Wildman–Crippen LogP) is 6.53. The van der Waals surface area contributed by atoms with Gasteiger partial charge in [0.2, 0.25) is 0 Å². The van der Waals surface area contributed by atoms with E-state index in [9.17, 15) is 0 Å². The average Bonchev–Trinajstić information content (AvgIpc) is 3.56. The number of hydrogen-bond donors (Lipinski definition) is 0. The first-order valence-corrected chi connectivity index (χ1v) is 16.5. The van der Waals surface area contributed by atoms with Gasteiger partial charge in [-0.2, -0.15) is 0 Å². The van der Waals surface area contributed by atoms with Crippen LogP contribution in [-0.2, 0) is 0 Å². The zero-order valence-electron chi connectivity index (χ0n) is 27.1. The quantitative estimate of drug-likeness (QED) is 0.161. The number of fused-ring (bicyclic) bond motifs is 5. The smallest absolute Gasteiger partial charge is 0.136 e. The third kappa shape index (κ3) is 4.62. The molecule has 0 bridgehead atoms.